The molecule has 1 amide bonds. The Labute approximate surface area is 171 Å². The van der Waals surface area contributed by atoms with Gasteiger partial charge < -0.3 is 29.5 Å². The molecule has 0 atom stereocenters. The number of benzene rings is 2. The number of anilines is 1. The fourth-order valence-corrected chi connectivity index (χ4v) is 2.64. The average molecular weight is 417 g/mol. The normalized spacial score (nSPS) is 10.4. The van der Waals surface area contributed by atoms with Crippen LogP contribution in [-0.2, 0) is 11.3 Å². The number of hydrogen-bond donors (Lipinski definition) is 1. The van der Waals surface area contributed by atoms with E-state index in [2.05, 4.69) is 10.3 Å². The summed E-state index contributed by atoms with van der Waals surface area (Å²) in [5.41, 5.74) is 0.367. The topological polar surface area (TPSA) is 109 Å². The van der Waals surface area contributed by atoms with Crippen LogP contribution in [0.1, 0.15) is 6.92 Å². The fraction of sp³-hybridized carbons (Fsp3) is 0.158. The van der Waals surface area contributed by atoms with Gasteiger partial charge in [0.05, 0.1) is 12.3 Å². The maximum atomic E-state index is 12.3. The molecule has 3 rings (SSSR count). The van der Waals surface area contributed by atoms with E-state index in [1.807, 2.05) is 6.92 Å². The lowest BCUT2D eigenvalue weighted by molar-refractivity contribution is -0.389. The van der Waals surface area contributed by atoms with Crippen LogP contribution < -0.4 is 14.8 Å². The summed E-state index contributed by atoms with van der Waals surface area (Å²) in [6.45, 7) is 2.30. The van der Waals surface area contributed by atoms with Crippen molar-refractivity contribution in [3.05, 3.63) is 70.1 Å². The van der Waals surface area contributed by atoms with E-state index in [1.54, 1.807) is 42.5 Å². The zero-order chi connectivity index (χ0) is 20.8. The lowest BCUT2D eigenvalue weighted by Gasteiger charge is -2.13. The van der Waals surface area contributed by atoms with Crippen molar-refractivity contribution < 1.29 is 19.2 Å². The first kappa shape index (κ1) is 20.2. The number of rotatable bonds is 8. The standard InChI is InChI=1S/C19H17ClN4O5/c1-2-28-14-4-6-15(7-5-14)29-17-8-3-13(20)9-16(17)22-19(25)11-23-10-18(21-12-23)24(26)27/h3-10,12H,2,11H2,1H3,(H,22,25). The van der Waals surface area contributed by atoms with Crippen molar-refractivity contribution in [2.45, 2.75) is 13.5 Å². The Balaban J connectivity index is 1.72. The third-order valence-electron chi connectivity index (χ3n) is 3.71. The number of hydrogen-bond acceptors (Lipinski definition) is 6. The van der Waals surface area contributed by atoms with E-state index in [1.165, 1.54) is 17.1 Å². The molecular formula is C19H17ClN4O5. The Morgan fingerprint density at radius 2 is 1.97 bits per heavy atom. The number of carbonyl (C=O) groups excluding carboxylic acids is 1. The Bertz CT molecular complexity index is 1020. The summed E-state index contributed by atoms with van der Waals surface area (Å²) in [4.78, 5) is 26.0. The molecule has 0 aliphatic heterocycles. The van der Waals surface area contributed by atoms with Crippen LogP contribution in [0.15, 0.2) is 55.0 Å². The van der Waals surface area contributed by atoms with Gasteiger partial charge in [-0.1, -0.05) is 11.6 Å². The van der Waals surface area contributed by atoms with Gasteiger partial charge in [-0.05, 0) is 59.3 Å². The third-order valence-corrected chi connectivity index (χ3v) is 3.95. The van der Waals surface area contributed by atoms with Gasteiger partial charge in [0, 0.05) is 5.02 Å². The Hall–Kier alpha value is -3.59. The molecule has 0 saturated carbocycles. The van der Waals surface area contributed by atoms with Crippen LogP contribution in [0.5, 0.6) is 17.2 Å². The molecule has 3 aromatic rings. The summed E-state index contributed by atoms with van der Waals surface area (Å²) >= 11 is 6.04. The largest absolute Gasteiger partial charge is 0.494 e. The first-order valence-electron chi connectivity index (χ1n) is 8.61. The van der Waals surface area contributed by atoms with Crippen molar-refractivity contribution in [1.82, 2.24) is 9.55 Å². The maximum absolute atomic E-state index is 12.3. The molecule has 0 spiro atoms. The number of ether oxygens (including phenoxy) is 2. The number of aromatic nitrogens is 2. The molecule has 0 unspecified atom stereocenters. The SMILES string of the molecule is CCOc1ccc(Oc2ccc(Cl)cc2NC(=O)Cn2cnc([N+](=O)[O-])c2)cc1. The van der Waals surface area contributed by atoms with Crippen LogP contribution in [-0.4, -0.2) is 27.0 Å². The highest BCUT2D eigenvalue weighted by molar-refractivity contribution is 6.31. The molecule has 1 aromatic heterocycles. The molecule has 0 radical (unpaired) electrons. The molecule has 150 valence electrons. The first-order valence-corrected chi connectivity index (χ1v) is 8.98. The van der Waals surface area contributed by atoms with E-state index in [9.17, 15) is 14.9 Å². The molecular weight excluding hydrogens is 400 g/mol. The van der Waals surface area contributed by atoms with E-state index >= 15 is 0 Å². The lowest BCUT2D eigenvalue weighted by Crippen LogP contribution is -2.18. The maximum Gasteiger partial charge on any atom is 0.381 e. The average Bonchev–Trinajstić information content (AvgIpc) is 3.14. The van der Waals surface area contributed by atoms with Gasteiger partial charge in [-0.3, -0.25) is 4.79 Å². The number of amides is 1. The van der Waals surface area contributed by atoms with Crippen molar-refractivity contribution in [3.8, 4) is 17.2 Å². The number of carbonyl (C=O) groups is 1. The molecule has 0 fully saturated rings. The summed E-state index contributed by atoms with van der Waals surface area (Å²) in [5, 5.41) is 13.8. The Morgan fingerprint density at radius 3 is 2.62 bits per heavy atom. The van der Waals surface area contributed by atoms with Crippen molar-refractivity contribution in [3.63, 3.8) is 0 Å². The zero-order valence-corrected chi connectivity index (χ0v) is 16.1. The van der Waals surface area contributed by atoms with E-state index in [4.69, 9.17) is 21.1 Å². The number of nitrogens with one attached hydrogen (secondary N) is 1. The minimum absolute atomic E-state index is 0.157. The van der Waals surface area contributed by atoms with Gasteiger partial charge in [0.25, 0.3) is 0 Å². The number of halogens is 1. The van der Waals surface area contributed by atoms with Crippen molar-refractivity contribution in [2.24, 2.45) is 0 Å². The number of nitrogens with zero attached hydrogens (tertiary/aromatic N) is 3. The molecule has 0 bridgehead atoms. The molecule has 2 aromatic carbocycles. The fourth-order valence-electron chi connectivity index (χ4n) is 2.47. The summed E-state index contributed by atoms with van der Waals surface area (Å²) in [6, 6.07) is 11.9. The summed E-state index contributed by atoms with van der Waals surface area (Å²) in [6.07, 6.45) is 2.39. The smallest absolute Gasteiger partial charge is 0.381 e. The minimum Gasteiger partial charge on any atom is -0.494 e. The van der Waals surface area contributed by atoms with E-state index < -0.39 is 10.8 Å². The highest BCUT2D eigenvalue weighted by Crippen LogP contribution is 2.32. The van der Waals surface area contributed by atoms with Gasteiger partial charge in [0.15, 0.2) is 5.75 Å². The first-order chi connectivity index (χ1) is 13.9. The molecule has 0 aliphatic carbocycles. The molecule has 1 heterocycles. The van der Waals surface area contributed by atoms with Gasteiger partial charge in [-0.2, -0.15) is 0 Å². The molecule has 0 saturated heterocycles. The zero-order valence-electron chi connectivity index (χ0n) is 15.4. The van der Waals surface area contributed by atoms with Crippen LogP contribution in [0.3, 0.4) is 0 Å². The number of nitro groups is 1. The minimum atomic E-state index is -0.631. The van der Waals surface area contributed by atoms with E-state index in [-0.39, 0.29) is 12.4 Å². The Morgan fingerprint density at radius 1 is 1.24 bits per heavy atom. The monoisotopic (exact) mass is 416 g/mol. The highest BCUT2D eigenvalue weighted by atomic mass is 35.5. The third kappa shape index (κ3) is 5.45. The van der Waals surface area contributed by atoms with Gasteiger partial charge in [-0.15, -0.1) is 0 Å². The second-order valence-electron chi connectivity index (χ2n) is 5.86. The predicted octanol–water partition coefficient (Wildman–Crippen LogP) is 4.27. The van der Waals surface area contributed by atoms with Crippen LogP contribution in [0.4, 0.5) is 11.5 Å². The summed E-state index contributed by atoms with van der Waals surface area (Å²) < 4.78 is 12.6. The summed E-state index contributed by atoms with van der Waals surface area (Å²) in [7, 11) is 0. The predicted molar refractivity (Wildman–Crippen MR) is 107 cm³/mol. The molecule has 0 aliphatic rings. The second kappa shape index (κ2) is 9.07. The van der Waals surface area contributed by atoms with E-state index in [0.29, 0.717) is 28.8 Å². The summed E-state index contributed by atoms with van der Waals surface area (Å²) in [5.74, 6) is 0.912. The van der Waals surface area contributed by atoms with E-state index in [0.717, 1.165) is 5.75 Å². The van der Waals surface area contributed by atoms with Crippen molar-refractivity contribution >= 4 is 29.0 Å². The Kier molecular flexibility index (Phi) is 6.30. The quantitative estimate of drug-likeness (QED) is 0.433. The molecule has 1 N–H and O–H groups in total. The highest BCUT2D eigenvalue weighted by Gasteiger charge is 2.14. The van der Waals surface area contributed by atoms with Gasteiger partial charge in [0.1, 0.15) is 24.2 Å². The molecule has 9 nitrogen and oxygen atoms in total. The van der Waals surface area contributed by atoms with Gasteiger partial charge in [0.2, 0.25) is 12.2 Å². The van der Waals surface area contributed by atoms with Crippen LogP contribution in [0.2, 0.25) is 5.02 Å². The van der Waals surface area contributed by atoms with Crippen molar-refractivity contribution in [2.75, 3.05) is 11.9 Å². The molecule has 10 heteroatoms. The van der Waals surface area contributed by atoms with Crippen LogP contribution in [0.25, 0.3) is 0 Å². The number of imidazole rings is 1. The lowest BCUT2D eigenvalue weighted by atomic mass is 10.2. The van der Waals surface area contributed by atoms with Crippen molar-refractivity contribution in [1.29, 1.82) is 0 Å². The van der Waals surface area contributed by atoms with Crippen LogP contribution >= 0.6 is 11.6 Å². The van der Waals surface area contributed by atoms with Gasteiger partial charge >= 0.3 is 5.82 Å². The second-order valence-corrected chi connectivity index (χ2v) is 6.29. The van der Waals surface area contributed by atoms with Gasteiger partial charge in [-0.25, -0.2) is 0 Å². The van der Waals surface area contributed by atoms with Crippen LogP contribution in [0, 0.1) is 10.1 Å². The molecule has 29 heavy (non-hydrogen) atoms.